The van der Waals surface area contributed by atoms with E-state index in [0.717, 1.165) is 11.1 Å². The molecule has 0 saturated carbocycles. The average molecular weight is 639 g/mol. The molecule has 4 aromatic rings. The fraction of sp³-hybridized carbons (Fsp3) is 0.294. The highest BCUT2D eigenvalue weighted by Gasteiger charge is 2.23. The normalized spacial score (nSPS) is 12.5. The maximum absolute atomic E-state index is 10.4. The SMILES string of the molecule is OCCC[C@@H](Cc1ccc(O)c(OCc2cc(O)c(O)c(O)c2)c1)[C@@H](CO)Cc1ccc(O)c(OCc2cc(O)c(O)c(O)c2)c1. The first-order valence-corrected chi connectivity index (χ1v) is 14.6. The first-order chi connectivity index (χ1) is 22.0. The second-order valence-electron chi connectivity index (χ2n) is 11.1. The minimum Gasteiger partial charge on any atom is -0.504 e. The van der Waals surface area contributed by atoms with Crippen molar-refractivity contribution in [3.63, 3.8) is 0 Å². The van der Waals surface area contributed by atoms with Gasteiger partial charge < -0.3 is 60.5 Å². The van der Waals surface area contributed by atoms with E-state index in [1.54, 1.807) is 24.3 Å². The lowest BCUT2D eigenvalue weighted by atomic mass is 9.80. The van der Waals surface area contributed by atoms with Crippen LogP contribution in [0.1, 0.15) is 35.1 Å². The van der Waals surface area contributed by atoms with Gasteiger partial charge in [0.2, 0.25) is 0 Å². The molecule has 4 rings (SSSR count). The van der Waals surface area contributed by atoms with E-state index in [-0.39, 0.29) is 61.3 Å². The van der Waals surface area contributed by atoms with Gasteiger partial charge in [0.25, 0.3) is 0 Å². The summed E-state index contributed by atoms with van der Waals surface area (Å²) in [5, 5.41) is 98.9. The van der Waals surface area contributed by atoms with Gasteiger partial charge in [0.1, 0.15) is 13.2 Å². The molecule has 0 unspecified atom stereocenters. The van der Waals surface area contributed by atoms with E-state index in [1.807, 2.05) is 0 Å². The lowest BCUT2D eigenvalue weighted by Gasteiger charge is -2.26. The minimum absolute atomic E-state index is 0.0372. The van der Waals surface area contributed by atoms with Gasteiger partial charge in [-0.05, 0) is 108 Å². The Hall–Kier alpha value is -5.20. The number of benzene rings is 4. The predicted octanol–water partition coefficient (Wildman–Crippen LogP) is 4.27. The highest BCUT2D eigenvalue weighted by molar-refractivity contribution is 5.52. The largest absolute Gasteiger partial charge is 0.504 e. The molecule has 0 heterocycles. The highest BCUT2D eigenvalue weighted by atomic mass is 16.5. The van der Waals surface area contributed by atoms with Crippen LogP contribution in [-0.4, -0.2) is 64.3 Å². The number of hydrogen-bond donors (Lipinski definition) is 10. The third-order valence-electron chi connectivity index (χ3n) is 7.73. The van der Waals surface area contributed by atoms with Crippen LogP contribution in [0.5, 0.6) is 57.5 Å². The van der Waals surface area contributed by atoms with Crippen molar-refractivity contribution < 1.29 is 60.5 Å². The molecule has 0 aromatic heterocycles. The predicted molar refractivity (Wildman–Crippen MR) is 166 cm³/mol. The van der Waals surface area contributed by atoms with Gasteiger partial charge in [0.05, 0.1) is 0 Å². The summed E-state index contributed by atoms with van der Waals surface area (Å²) in [5.74, 6) is -3.68. The van der Waals surface area contributed by atoms with Crippen LogP contribution in [0.4, 0.5) is 0 Å². The molecule has 0 aliphatic carbocycles. The molecule has 2 atom stereocenters. The van der Waals surface area contributed by atoms with Gasteiger partial charge >= 0.3 is 0 Å². The number of aliphatic hydroxyl groups excluding tert-OH is 2. The molecule has 4 aromatic carbocycles. The number of rotatable bonds is 15. The summed E-state index contributed by atoms with van der Waals surface area (Å²) in [6.07, 6.45) is 1.95. The standard InChI is InChI=1S/C34H38O12/c35-7-1-2-23(8-19-3-5-25(37)31(14-19)45-17-21-10-27(39)33(43)28(40)11-21)24(16-36)9-20-4-6-26(38)32(15-20)46-18-22-12-29(41)34(44)30(42)13-22/h3-6,10-15,23-24,35-44H,1-2,7-9,16-18H2/t23-,24+/m0/s1. The van der Waals surface area contributed by atoms with Gasteiger partial charge in [0, 0.05) is 13.2 Å². The molecule has 12 nitrogen and oxygen atoms in total. The lowest BCUT2D eigenvalue weighted by Crippen LogP contribution is -2.23. The highest BCUT2D eigenvalue weighted by Crippen LogP contribution is 2.38. The zero-order valence-electron chi connectivity index (χ0n) is 24.9. The third kappa shape index (κ3) is 8.49. The summed E-state index contributed by atoms with van der Waals surface area (Å²) >= 11 is 0. The third-order valence-corrected chi connectivity index (χ3v) is 7.73. The zero-order valence-corrected chi connectivity index (χ0v) is 24.9. The molecule has 0 amide bonds. The van der Waals surface area contributed by atoms with Gasteiger partial charge in [0.15, 0.2) is 57.5 Å². The first kappa shape index (κ1) is 33.7. The molecule has 46 heavy (non-hydrogen) atoms. The smallest absolute Gasteiger partial charge is 0.200 e. The van der Waals surface area contributed by atoms with Crippen LogP contribution in [-0.2, 0) is 26.1 Å². The summed E-state index contributed by atoms with van der Waals surface area (Å²) in [6, 6.07) is 14.6. The summed E-state index contributed by atoms with van der Waals surface area (Å²) in [6.45, 7) is -0.452. The summed E-state index contributed by atoms with van der Waals surface area (Å²) in [4.78, 5) is 0. The average Bonchev–Trinajstić information content (AvgIpc) is 3.03. The number of phenolic OH excluding ortho intramolecular Hbond substituents is 8. The van der Waals surface area contributed by atoms with Crippen LogP contribution in [0.25, 0.3) is 0 Å². The van der Waals surface area contributed by atoms with Crippen LogP contribution in [0.15, 0.2) is 60.7 Å². The number of aromatic hydroxyl groups is 8. The number of phenols is 8. The van der Waals surface area contributed by atoms with E-state index >= 15 is 0 Å². The Labute approximate surface area is 264 Å². The van der Waals surface area contributed by atoms with Crippen LogP contribution in [0.3, 0.4) is 0 Å². The Kier molecular flexibility index (Phi) is 11.1. The zero-order chi connectivity index (χ0) is 33.4. The summed E-state index contributed by atoms with van der Waals surface area (Å²) in [7, 11) is 0. The van der Waals surface area contributed by atoms with Gasteiger partial charge in [-0.1, -0.05) is 12.1 Å². The second kappa shape index (κ2) is 15.2. The molecule has 0 bridgehead atoms. The minimum atomic E-state index is -0.646. The molecule has 246 valence electrons. The maximum atomic E-state index is 10.4. The molecule has 0 aliphatic heterocycles. The number of aliphatic hydroxyl groups is 2. The Morgan fingerprint density at radius 1 is 0.478 bits per heavy atom. The van der Waals surface area contributed by atoms with Gasteiger partial charge in [-0.15, -0.1) is 0 Å². The molecule has 0 fully saturated rings. The van der Waals surface area contributed by atoms with Crippen LogP contribution < -0.4 is 9.47 Å². The number of hydrogen-bond acceptors (Lipinski definition) is 12. The van der Waals surface area contributed by atoms with E-state index in [0.29, 0.717) is 36.8 Å². The Balaban J connectivity index is 1.47. The monoisotopic (exact) mass is 638 g/mol. The van der Waals surface area contributed by atoms with Crippen LogP contribution in [0.2, 0.25) is 0 Å². The Bertz CT molecular complexity index is 1590. The Morgan fingerprint density at radius 3 is 1.28 bits per heavy atom. The van der Waals surface area contributed by atoms with E-state index in [2.05, 4.69) is 0 Å². The molecule has 10 N–H and O–H groups in total. The van der Waals surface area contributed by atoms with Gasteiger partial charge in [-0.3, -0.25) is 0 Å². The van der Waals surface area contributed by atoms with Crippen molar-refractivity contribution in [3.8, 4) is 57.5 Å². The van der Waals surface area contributed by atoms with Crippen molar-refractivity contribution >= 4 is 0 Å². The van der Waals surface area contributed by atoms with Crippen LogP contribution >= 0.6 is 0 Å². The van der Waals surface area contributed by atoms with E-state index < -0.39 is 34.5 Å². The summed E-state index contributed by atoms with van der Waals surface area (Å²) < 4.78 is 11.5. The second-order valence-corrected chi connectivity index (χ2v) is 11.1. The maximum Gasteiger partial charge on any atom is 0.200 e. The summed E-state index contributed by atoms with van der Waals surface area (Å²) in [5.41, 5.74) is 2.26. The first-order valence-electron chi connectivity index (χ1n) is 14.6. The Morgan fingerprint density at radius 2 is 0.891 bits per heavy atom. The van der Waals surface area contributed by atoms with Gasteiger partial charge in [-0.25, -0.2) is 0 Å². The molecular weight excluding hydrogens is 600 g/mol. The van der Waals surface area contributed by atoms with Crippen molar-refractivity contribution in [1.82, 2.24) is 0 Å². The van der Waals surface area contributed by atoms with Crippen molar-refractivity contribution in [2.75, 3.05) is 13.2 Å². The fourth-order valence-electron chi connectivity index (χ4n) is 5.26. The molecule has 0 saturated heterocycles. The molecular formula is C34H38O12. The van der Waals surface area contributed by atoms with Crippen molar-refractivity contribution in [1.29, 1.82) is 0 Å². The van der Waals surface area contributed by atoms with E-state index in [1.165, 1.54) is 36.4 Å². The van der Waals surface area contributed by atoms with E-state index in [9.17, 15) is 51.1 Å². The fourth-order valence-corrected chi connectivity index (χ4v) is 5.26. The lowest BCUT2D eigenvalue weighted by molar-refractivity contribution is 0.158. The van der Waals surface area contributed by atoms with Gasteiger partial charge in [-0.2, -0.15) is 0 Å². The van der Waals surface area contributed by atoms with Crippen molar-refractivity contribution in [2.24, 2.45) is 11.8 Å². The van der Waals surface area contributed by atoms with Crippen molar-refractivity contribution in [2.45, 2.75) is 38.9 Å². The number of ether oxygens (including phenoxy) is 2. The van der Waals surface area contributed by atoms with E-state index in [4.69, 9.17) is 9.47 Å². The topological polar surface area (TPSA) is 221 Å². The molecule has 0 spiro atoms. The van der Waals surface area contributed by atoms with Crippen LogP contribution in [0, 0.1) is 11.8 Å². The molecule has 0 aliphatic rings. The quantitative estimate of drug-likeness (QED) is 0.0825. The molecule has 12 heteroatoms. The molecule has 0 radical (unpaired) electrons. The van der Waals surface area contributed by atoms with Crippen molar-refractivity contribution in [3.05, 3.63) is 82.9 Å².